The normalized spacial score (nSPS) is 9.00. The van der Waals surface area contributed by atoms with E-state index in [0.717, 1.165) is 9.89 Å². The second-order valence-corrected chi connectivity index (χ2v) is 3.85. The van der Waals surface area contributed by atoms with E-state index in [4.69, 9.17) is 5.26 Å². The molecule has 1 nitrogen and oxygen atoms in total. The standard InChI is InChI=1S/C6H4NS.Zn/c1-5-2-3-6(4-7)8-5;/h2-3H,1H2;/q;+1. The number of nitriles is 1. The average Bonchev–Trinajstić information content (AvgIpc) is 2.34. The Morgan fingerprint density at radius 1 is 1.67 bits per heavy atom. The van der Waals surface area contributed by atoms with Crippen molar-refractivity contribution in [3.05, 3.63) is 21.9 Å². The van der Waals surface area contributed by atoms with Gasteiger partial charge in [-0.2, -0.15) is 0 Å². The molecule has 40 valence electrons. The number of nitrogens with zero attached hydrogens (tertiary/aromatic N) is 1. The van der Waals surface area contributed by atoms with Crippen molar-refractivity contribution in [2.75, 3.05) is 0 Å². The molecule has 0 aliphatic carbocycles. The van der Waals surface area contributed by atoms with Gasteiger partial charge in [-0.25, -0.2) is 0 Å². The summed E-state index contributed by atoms with van der Waals surface area (Å²) in [6.07, 6.45) is 0. The van der Waals surface area contributed by atoms with E-state index in [1.54, 1.807) is 11.3 Å². The van der Waals surface area contributed by atoms with Gasteiger partial charge in [0.1, 0.15) is 0 Å². The van der Waals surface area contributed by atoms with Crippen molar-refractivity contribution in [2.45, 2.75) is 5.02 Å². The van der Waals surface area contributed by atoms with E-state index in [0.29, 0.717) is 0 Å². The van der Waals surface area contributed by atoms with Crippen LogP contribution in [0.15, 0.2) is 12.1 Å². The third kappa shape index (κ3) is 1.61. The molecule has 1 aromatic heterocycles. The fourth-order valence-electron chi connectivity index (χ4n) is 0.572. The van der Waals surface area contributed by atoms with E-state index in [2.05, 4.69) is 6.07 Å². The molecule has 0 saturated carbocycles. The Morgan fingerprint density at radius 2 is 2.44 bits per heavy atom. The Bertz CT molecular complexity index is 235. The quantitative estimate of drug-likeness (QED) is 0.614. The molecule has 0 amide bonds. The second-order valence-electron chi connectivity index (χ2n) is 1.63. The molecule has 1 heterocycles. The van der Waals surface area contributed by atoms with Crippen molar-refractivity contribution in [1.29, 1.82) is 5.26 Å². The zero-order valence-electron chi connectivity index (χ0n) is 4.92. The van der Waals surface area contributed by atoms with E-state index in [-0.39, 0.29) is 0 Å². The summed E-state index contributed by atoms with van der Waals surface area (Å²) < 4.78 is 0. The molecule has 0 radical (unpaired) electrons. The Morgan fingerprint density at radius 3 is 2.78 bits per heavy atom. The molecule has 0 aliphatic heterocycles. The van der Waals surface area contributed by atoms with Crippen molar-refractivity contribution < 1.29 is 18.3 Å². The zero-order chi connectivity index (χ0) is 6.69. The van der Waals surface area contributed by atoms with Gasteiger partial charge >= 0.3 is 67.9 Å². The molecular weight excluding hydrogens is 184 g/mol. The molecule has 0 saturated heterocycles. The summed E-state index contributed by atoms with van der Waals surface area (Å²) in [6, 6.07) is 6.03. The van der Waals surface area contributed by atoms with Crippen molar-refractivity contribution in [3.63, 3.8) is 0 Å². The van der Waals surface area contributed by atoms with Crippen LogP contribution in [0.2, 0.25) is 0 Å². The van der Waals surface area contributed by atoms with Gasteiger partial charge in [-0.3, -0.25) is 0 Å². The van der Waals surface area contributed by atoms with Crippen LogP contribution in [0.1, 0.15) is 9.75 Å². The first kappa shape index (κ1) is 6.93. The van der Waals surface area contributed by atoms with Gasteiger partial charge in [0.25, 0.3) is 0 Å². The summed E-state index contributed by atoms with van der Waals surface area (Å²) in [5.74, 6) is 0. The van der Waals surface area contributed by atoms with Crippen molar-refractivity contribution in [2.24, 2.45) is 0 Å². The fourth-order valence-corrected chi connectivity index (χ4v) is 2.27. The zero-order valence-corrected chi connectivity index (χ0v) is 8.71. The second kappa shape index (κ2) is 3.10. The van der Waals surface area contributed by atoms with Gasteiger partial charge in [0.05, 0.1) is 0 Å². The number of thiophene rings is 1. The van der Waals surface area contributed by atoms with Crippen LogP contribution < -0.4 is 0 Å². The fraction of sp³-hybridized carbons (Fsp3) is 0.167. The Balaban J connectivity index is 2.90. The van der Waals surface area contributed by atoms with Crippen LogP contribution in [-0.4, -0.2) is 0 Å². The van der Waals surface area contributed by atoms with Crippen LogP contribution in [0.4, 0.5) is 0 Å². The van der Waals surface area contributed by atoms with Gasteiger partial charge in [0, 0.05) is 0 Å². The molecule has 0 unspecified atom stereocenters. The van der Waals surface area contributed by atoms with Gasteiger partial charge in [-0.1, -0.05) is 0 Å². The van der Waals surface area contributed by atoms with E-state index in [1.807, 2.05) is 12.1 Å². The minimum absolute atomic E-state index is 0.832. The topological polar surface area (TPSA) is 23.8 Å². The first-order valence-electron chi connectivity index (χ1n) is 2.65. The number of rotatable bonds is 1. The van der Waals surface area contributed by atoms with Crippen LogP contribution in [-0.2, 0) is 23.3 Å². The Labute approximate surface area is 68.0 Å². The summed E-state index contributed by atoms with van der Waals surface area (Å²) in [7, 11) is 0. The average molecular weight is 188 g/mol. The third-order valence-electron chi connectivity index (χ3n) is 1.02. The molecule has 0 fully saturated rings. The molecule has 0 aromatic carbocycles. The minimum atomic E-state index is 0.832. The summed E-state index contributed by atoms with van der Waals surface area (Å²) >= 11 is 2.89. The van der Waals surface area contributed by atoms with Crippen LogP contribution in [0, 0.1) is 11.3 Å². The molecule has 3 heteroatoms. The third-order valence-corrected chi connectivity index (χ3v) is 3.96. The molecule has 1 rings (SSSR count). The Hall–Kier alpha value is -0.187. The van der Waals surface area contributed by atoms with Crippen molar-refractivity contribution in [3.8, 4) is 6.07 Å². The predicted octanol–water partition coefficient (Wildman–Crippen LogP) is 1.67. The summed E-state index contributed by atoms with van der Waals surface area (Å²) in [6.45, 7) is 0. The summed E-state index contributed by atoms with van der Waals surface area (Å²) in [5.41, 5.74) is 0. The monoisotopic (exact) mass is 186 g/mol. The van der Waals surface area contributed by atoms with Gasteiger partial charge in [-0.15, -0.1) is 0 Å². The molecule has 0 aliphatic rings. The maximum absolute atomic E-state index is 8.42. The molecule has 0 bridgehead atoms. The number of hydrogen-bond donors (Lipinski definition) is 0. The summed E-state index contributed by atoms with van der Waals surface area (Å²) in [5, 5.41) is 9.58. The first-order chi connectivity index (χ1) is 4.36. The van der Waals surface area contributed by atoms with Crippen LogP contribution in [0.25, 0.3) is 0 Å². The molecular formula is C6H4NSZn+. The molecule has 0 atom stereocenters. The summed E-state index contributed by atoms with van der Waals surface area (Å²) in [4.78, 5) is 2.17. The molecule has 9 heavy (non-hydrogen) atoms. The van der Waals surface area contributed by atoms with Crippen LogP contribution in [0.5, 0.6) is 0 Å². The van der Waals surface area contributed by atoms with Crippen LogP contribution >= 0.6 is 11.3 Å². The van der Waals surface area contributed by atoms with Gasteiger partial charge in [0.2, 0.25) is 0 Å². The van der Waals surface area contributed by atoms with Crippen molar-refractivity contribution >= 4 is 11.3 Å². The number of hydrogen-bond acceptors (Lipinski definition) is 2. The predicted molar refractivity (Wildman–Crippen MR) is 32.7 cm³/mol. The van der Waals surface area contributed by atoms with Crippen molar-refractivity contribution in [1.82, 2.24) is 0 Å². The van der Waals surface area contributed by atoms with E-state index in [9.17, 15) is 0 Å². The SMILES string of the molecule is N#Cc1ccc([CH2][Zn+])s1. The first-order valence-corrected chi connectivity index (χ1v) is 5.56. The maximum atomic E-state index is 8.42. The van der Waals surface area contributed by atoms with E-state index in [1.165, 1.54) is 23.2 Å². The molecule has 1 aromatic rings. The van der Waals surface area contributed by atoms with Gasteiger partial charge in [0.15, 0.2) is 0 Å². The Kier molecular flexibility index (Phi) is 2.39. The van der Waals surface area contributed by atoms with Gasteiger partial charge < -0.3 is 0 Å². The molecule has 0 spiro atoms. The van der Waals surface area contributed by atoms with Gasteiger partial charge in [-0.05, 0) is 0 Å². The van der Waals surface area contributed by atoms with E-state index < -0.39 is 0 Å². The van der Waals surface area contributed by atoms with E-state index >= 15 is 0 Å². The van der Waals surface area contributed by atoms with Crippen LogP contribution in [0.3, 0.4) is 0 Å². The molecule has 0 N–H and O–H groups in total.